The van der Waals surface area contributed by atoms with Gasteiger partial charge in [0.15, 0.2) is 5.06 Å². The molecule has 3 rings (SSSR count). The van der Waals surface area contributed by atoms with Gasteiger partial charge in [0.05, 0.1) is 24.1 Å². The first kappa shape index (κ1) is 12.2. The van der Waals surface area contributed by atoms with Gasteiger partial charge in [-0.05, 0) is 30.9 Å². The van der Waals surface area contributed by atoms with E-state index in [0.717, 1.165) is 46.6 Å². The highest BCUT2D eigenvalue weighted by Gasteiger charge is 2.30. The lowest BCUT2D eigenvalue weighted by molar-refractivity contribution is 0.0531. The van der Waals surface area contributed by atoms with Gasteiger partial charge in [0.2, 0.25) is 0 Å². The van der Waals surface area contributed by atoms with Crippen LogP contribution in [0.15, 0.2) is 6.20 Å². The molecule has 19 heavy (non-hydrogen) atoms. The maximum absolute atomic E-state index is 11.9. The predicted molar refractivity (Wildman–Crippen MR) is 71.6 cm³/mol. The highest BCUT2D eigenvalue weighted by Crippen LogP contribution is 2.46. The summed E-state index contributed by atoms with van der Waals surface area (Å²) in [5.74, 6) is -0.352. The zero-order valence-electron chi connectivity index (χ0n) is 10.8. The Morgan fingerprint density at radius 3 is 3.11 bits per heavy atom. The standard InChI is InChI=1S/C13H14N2O3S/c1-3-18-12(16)11-8-5-4-7-6-14-15(2)10(7)9(8)13(17)19-11/h6,17H,3-5H2,1-2H3. The van der Waals surface area contributed by atoms with Crippen molar-refractivity contribution in [2.45, 2.75) is 19.8 Å². The van der Waals surface area contributed by atoms with Crippen LogP contribution in [-0.4, -0.2) is 27.5 Å². The van der Waals surface area contributed by atoms with Crippen molar-refractivity contribution in [3.05, 3.63) is 22.2 Å². The highest BCUT2D eigenvalue weighted by atomic mass is 32.1. The molecule has 1 aliphatic carbocycles. The Bertz CT molecular complexity index is 657. The fourth-order valence-corrected chi connectivity index (χ4v) is 3.53. The molecule has 2 aromatic heterocycles. The van der Waals surface area contributed by atoms with Gasteiger partial charge in [-0.1, -0.05) is 11.3 Å². The fourth-order valence-electron chi connectivity index (χ4n) is 2.54. The molecule has 100 valence electrons. The van der Waals surface area contributed by atoms with E-state index in [0.29, 0.717) is 11.5 Å². The first-order valence-electron chi connectivity index (χ1n) is 6.16. The quantitative estimate of drug-likeness (QED) is 0.855. The number of carbonyl (C=O) groups is 1. The Hall–Kier alpha value is -1.82. The van der Waals surface area contributed by atoms with E-state index in [4.69, 9.17) is 4.74 Å². The van der Waals surface area contributed by atoms with E-state index < -0.39 is 0 Å². The highest BCUT2D eigenvalue weighted by molar-refractivity contribution is 7.16. The Morgan fingerprint density at radius 2 is 2.37 bits per heavy atom. The number of hydrogen-bond acceptors (Lipinski definition) is 5. The number of ether oxygens (including phenoxy) is 1. The monoisotopic (exact) mass is 278 g/mol. The van der Waals surface area contributed by atoms with Crippen LogP contribution >= 0.6 is 11.3 Å². The third-order valence-electron chi connectivity index (χ3n) is 3.34. The van der Waals surface area contributed by atoms with Crippen LogP contribution in [-0.2, 0) is 24.6 Å². The second-order valence-electron chi connectivity index (χ2n) is 4.45. The van der Waals surface area contributed by atoms with Gasteiger partial charge in [0.1, 0.15) is 4.88 Å². The van der Waals surface area contributed by atoms with E-state index in [1.54, 1.807) is 11.6 Å². The molecule has 0 saturated carbocycles. The van der Waals surface area contributed by atoms with Gasteiger partial charge in [-0.25, -0.2) is 4.79 Å². The smallest absolute Gasteiger partial charge is 0.348 e. The molecule has 2 aromatic rings. The number of aryl methyl sites for hydroxylation is 2. The van der Waals surface area contributed by atoms with Crippen LogP contribution in [0.25, 0.3) is 11.3 Å². The molecule has 0 spiro atoms. The molecule has 0 radical (unpaired) electrons. The summed E-state index contributed by atoms with van der Waals surface area (Å²) >= 11 is 1.09. The van der Waals surface area contributed by atoms with Gasteiger partial charge < -0.3 is 9.84 Å². The van der Waals surface area contributed by atoms with E-state index in [1.165, 1.54) is 0 Å². The van der Waals surface area contributed by atoms with Crippen molar-refractivity contribution in [2.24, 2.45) is 7.05 Å². The molecule has 0 aliphatic heterocycles. The van der Waals surface area contributed by atoms with Crippen molar-refractivity contribution >= 4 is 17.3 Å². The normalized spacial score (nSPS) is 12.9. The molecule has 5 nitrogen and oxygen atoms in total. The number of esters is 1. The zero-order valence-corrected chi connectivity index (χ0v) is 11.6. The minimum absolute atomic E-state index is 0.169. The van der Waals surface area contributed by atoms with Crippen LogP contribution in [0, 0.1) is 0 Å². The Kier molecular flexibility index (Phi) is 2.82. The third-order valence-corrected chi connectivity index (χ3v) is 4.36. The summed E-state index contributed by atoms with van der Waals surface area (Å²) in [5.41, 5.74) is 3.65. The van der Waals surface area contributed by atoms with Gasteiger partial charge >= 0.3 is 5.97 Å². The number of nitrogens with zero attached hydrogens (tertiary/aromatic N) is 2. The first-order valence-corrected chi connectivity index (χ1v) is 6.98. The average Bonchev–Trinajstić information content (AvgIpc) is 2.92. The van der Waals surface area contributed by atoms with Crippen LogP contribution in [0.1, 0.15) is 27.7 Å². The van der Waals surface area contributed by atoms with E-state index in [1.807, 2.05) is 13.2 Å². The zero-order chi connectivity index (χ0) is 13.6. The van der Waals surface area contributed by atoms with Gasteiger partial charge in [-0.3, -0.25) is 4.68 Å². The summed E-state index contributed by atoms with van der Waals surface area (Å²) in [6, 6.07) is 0. The van der Waals surface area contributed by atoms with Gasteiger partial charge in [-0.2, -0.15) is 5.10 Å². The van der Waals surface area contributed by atoms with Crippen LogP contribution in [0.5, 0.6) is 5.06 Å². The number of aromatic hydroxyl groups is 1. The number of fused-ring (bicyclic) bond motifs is 3. The minimum atomic E-state index is -0.352. The number of hydrogen-bond donors (Lipinski definition) is 1. The summed E-state index contributed by atoms with van der Waals surface area (Å²) < 4.78 is 6.79. The second-order valence-corrected chi connectivity index (χ2v) is 5.45. The summed E-state index contributed by atoms with van der Waals surface area (Å²) in [6.45, 7) is 2.11. The van der Waals surface area contributed by atoms with E-state index in [-0.39, 0.29) is 11.0 Å². The molecule has 2 heterocycles. The van der Waals surface area contributed by atoms with Crippen molar-refractivity contribution in [1.29, 1.82) is 0 Å². The van der Waals surface area contributed by atoms with Gasteiger partial charge in [-0.15, -0.1) is 0 Å². The minimum Gasteiger partial charge on any atom is -0.499 e. The predicted octanol–water partition coefficient (Wildman–Crippen LogP) is 2.13. The third kappa shape index (κ3) is 1.74. The maximum Gasteiger partial charge on any atom is 0.348 e. The lowest BCUT2D eigenvalue weighted by Crippen LogP contribution is -2.10. The Morgan fingerprint density at radius 1 is 1.58 bits per heavy atom. The van der Waals surface area contributed by atoms with E-state index >= 15 is 0 Å². The molecule has 0 unspecified atom stereocenters. The second kappa shape index (κ2) is 4.38. The maximum atomic E-state index is 11.9. The number of rotatable bonds is 2. The molecule has 0 atom stereocenters. The topological polar surface area (TPSA) is 64.3 Å². The number of thiophene rings is 1. The van der Waals surface area contributed by atoms with Crippen molar-refractivity contribution in [1.82, 2.24) is 9.78 Å². The molecular formula is C13H14N2O3S. The summed E-state index contributed by atoms with van der Waals surface area (Å²) in [5, 5.41) is 14.5. The number of carbonyl (C=O) groups excluding carboxylic acids is 1. The van der Waals surface area contributed by atoms with E-state index in [2.05, 4.69) is 5.10 Å². The lowest BCUT2D eigenvalue weighted by Gasteiger charge is -2.14. The molecule has 0 aromatic carbocycles. The van der Waals surface area contributed by atoms with Crippen LogP contribution in [0.2, 0.25) is 0 Å². The van der Waals surface area contributed by atoms with Crippen LogP contribution < -0.4 is 0 Å². The molecule has 6 heteroatoms. The van der Waals surface area contributed by atoms with Crippen molar-refractivity contribution in [3.63, 3.8) is 0 Å². The molecule has 0 saturated heterocycles. The molecule has 1 aliphatic rings. The Labute approximate surface area is 114 Å². The Balaban J connectivity index is 2.17. The van der Waals surface area contributed by atoms with Crippen molar-refractivity contribution < 1.29 is 14.6 Å². The lowest BCUT2D eigenvalue weighted by atomic mass is 9.92. The summed E-state index contributed by atoms with van der Waals surface area (Å²) in [7, 11) is 1.84. The van der Waals surface area contributed by atoms with Crippen molar-refractivity contribution in [3.8, 4) is 16.3 Å². The van der Waals surface area contributed by atoms with Crippen molar-refractivity contribution in [2.75, 3.05) is 6.61 Å². The largest absolute Gasteiger partial charge is 0.499 e. The number of aromatic nitrogens is 2. The average molecular weight is 278 g/mol. The molecule has 0 bridgehead atoms. The van der Waals surface area contributed by atoms with Crippen LogP contribution in [0.3, 0.4) is 0 Å². The molecule has 0 amide bonds. The van der Waals surface area contributed by atoms with Gasteiger partial charge in [0, 0.05) is 7.05 Å². The van der Waals surface area contributed by atoms with Gasteiger partial charge in [0.25, 0.3) is 0 Å². The molecular weight excluding hydrogens is 264 g/mol. The fraction of sp³-hybridized carbons (Fsp3) is 0.385. The summed E-state index contributed by atoms with van der Waals surface area (Å²) in [4.78, 5) is 12.4. The SMILES string of the molecule is CCOC(=O)c1sc(O)c2c1CCc1cnn(C)c1-2. The van der Waals surface area contributed by atoms with Crippen LogP contribution in [0.4, 0.5) is 0 Å². The van der Waals surface area contributed by atoms with E-state index in [9.17, 15) is 9.90 Å². The molecule has 0 fully saturated rings. The first-order chi connectivity index (χ1) is 9.13. The summed E-state index contributed by atoms with van der Waals surface area (Å²) in [6.07, 6.45) is 3.39. The molecule has 1 N–H and O–H groups in total.